The second kappa shape index (κ2) is 9.08. The third-order valence-electron chi connectivity index (χ3n) is 6.71. The molecule has 2 aromatic carbocycles. The van der Waals surface area contributed by atoms with Crippen LogP contribution in [0.1, 0.15) is 40.2 Å². The molecule has 0 radical (unpaired) electrons. The molecule has 2 aromatic heterocycles. The summed E-state index contributed by atoms with van der Waals surface area (Å²) < 4.78 is 11.6. The topological polar surface area (TPSA) is 79.0 Å². The molecule has 0 aliphatic carbocycles. The highest BCUT2D eigenvalue weighted by molar-refractivity contribution is 6.16. The monoisotopic (exact) mass is 459 g/mol. The maximum Gasteiger partial charge on any atom is 0.342 e. The van der Waals surface area contributed by atoms with Gasteiger partial charge in [0.2, 0.25) is 0 Å². The Kier molecular flexibility index (Phi) is 5.98. The Labute approximate surface area is 198 Å². The zero-order valence-electron chi connectivity index (χ0n) is 19.7. The van der Waals surface area contributed by atoms with Crippen molar-refractivity contribution in [1.82, 2.24) is 14.8 Å². The minimum atomic E-state index is -0.443. The molecule has 7 nitrogen and oxygen atoms in total. The van der Waals surface area contributed by atoms with E-state index in [4.69, 9.17) is 9.15 Å². The fourth-order valence-corrected chi connectivity index (χ4v) is 5.04. The van der Waals surface area contributed by atoms with Crippen LogP contribution in [0.4, 0.5) is 0 Å². The van der Waals surface area contributed by atoms with Gasteiger partial charge in [0.15, 0.2) is 0 Å². The largest absolute Gasteiger partial charge is 0.507 e. The van der Waals surface area contributed by atoms with E-state index in [9.17, 15) is 9.90 Å². The molecule has 7 heteroatoms. The lowest BCUT2D eigenvalue weighted by atomic mass is 9.89. The van der Waals surface area contributed by atoms with E-state index < -0.39 is 5.97 Å². The van der Waals surface area contributed by atoms with Crippen LogP contribution in [-0.2, 0) is 4.74 Å². The molecule has 1 aliphatic rings. The molecule has 1 aliphatic heterocycles. The predicted octanol–water partition coefficient (Wildman–Crippen LogP) is 4.51. The average molecular weight is 460 g/mol. The maximum absolute atomic E-state index is 13.1. The second-order valence-electron chi connectivity index (χ2n) is 8.79. The molecular formula is C27H29N3O4. The molecule has 1 saturated heterocycles. The zero-order chi connectivity index (χ0) is 23.8. The number of aryl methyl sites for hydroxylation is 1. The minimum Gasteiger partial charge on any atom is -0.507 e. The highest BCUT2D eigenvalue weighted by Crippen LogP contribution is 2.47. The number of aromatic hydroxyl groups is 1. The third kappa shape index (κ3) is 3.71. The lowest BCUT2D eigenvalue weighted by Crippen LogP contribution is -2.46. The van der Waals surface area contributed by atoms with Crippen LogP contribution in [0.5, 0.6) is 5.75 Å². The zero-order valence-corrected chi connectivity index (χ0v) is 19.7. The lowest BCUT2D eigenvalue weighted by molar-refractivity contribution is 0.0526. The number of ether oxygens (including phenoxy) is 1. The number of hydrogen-bond acceptors (Lipinski definition) is 7. The van der Waals surface area contributed by atoms with Gasteiger partial charge in [-0.15, -0.1) is 0 Å². The predicted molar refractivity (Wildman–Crippen MR) is 131 cm³/mol. The number of carbonyl (C=O) groups is 1. The summed E-state index contributed by atoms with van der Waals surface area (Å²) in [5, 5.41) is 13.8. The van der Waals surface area contributed by atoms with Gasteiger partial charge >= 0.3 is 5.97 Å². The fourth-order valence-electron chi connectivity index (χ4n) is 5.04. The van der Waals surface area contributed by atoms with Gasteiger partial charge in [-0.05, 0) is 38.6 Å². The van der Waals surface area contributed by atoms with Gasteiger partial charge in [-0.1, -0.05) is 24.3 Å². The molecule has 3 heterocycles. The normalized spacial score (nSPS) is 16.2. The molecule has 1 atom stereocenters. The standard InChI is InChI=1S/C27H29N3O4/c1-4-33-27(32)21-17(2)34-26-20-8-6-5-7-19(20)25(31)23(22(21)26)24(18-9-11-28-12-10-18)30-15-13-29(3)14-16-30/h5-12,24,31H,4,13-16H2,1-3H3/t24-/m0/s1. The van der Waals surface area contributed by atoms with Crippen molar-refractivity contribution in [1.29, 1.82) is 0 Å². The summed E-state index contributed by atoms with van der Waals surface area (Å²) in [5.41, 5.74) is 2.64. The fraction of sp³-hybridized carbons (Fsp3) is 0.333. The van der Waals surface area contributed by atoms with E-state index in [2.05, 4.69) is 21.8 Å². The molecule has 4 aromatic rings. The van der Waals surface area contributed by atoms with Gasteiger partial charge in [-0.3, -0.25) is 9.88 Å². The maximum atomic E-state index is 13.1. The minimum absolute atomic E-state index is 0.162. The van der Waals surface area contributed by atoms with Gasteiger partial charge in [0.25, 0.3) is 0 Å². The van der Waals surface area contributed by atoms with Crippen molar-refractivity contribution in [3.8, 4) is 5.75 Å². The van der Waals surface area contributed by atoms with Crippen molar-refractivity contribution in [2.45, 2.75) is 19.9 Å². The number of aromatic nitrogens is 1. The summed E-state index contributed by atoms with van der Waals surface area (Å²) in [7, 11) is 2.11. The molecule has 0 unspecified atom stereocenters. The number of phenolic OH excluding ortho intramolecular Hbond substituents is 1. The number of rotatable bonds is 5. The van der Waals surface area contributed by atoms with Crippen LogP contribution in [0.15, 0.2) is 53.2 Å². The molecule has 5 rings (SSSR count). The summed E-state index contributed by atoms with van der Waals surface area (Å²) in [6.45, 7) is 7.28. The first kappa shape index (κ1) is 22.4. The van der Waals surface area contributed by atoms with Gasteiger partial charge in [-0.25, -0.2) is 4.79 Å². The first-order valence-electron chi connectivity index (χ1n) is 11.7. The Bertz CT molecular complexity index is 1340. The summed E-state index contributed by atoms with van der Waals surface area (Å²) in [4.78, 5) is 22.0. The molecule has 1 N–H and O–H groups in total. The quantitative estimate of drug-likeness (QED) is 0.440. The summed E-state index contributed by atoms with van der Waals surface area (Å²) in [6, 6.07) is 11.3. The number of esters is 1. The van der Waals surface area contributed by atoms with Gasteiger partial charge in [0, 0.05) is 60.3 Å². The van der Waals surface area contributed by atoms with E-state index in [1.165, 1.54) is 0 Å². The van der Waals surface area contributed by atoms with E-state index in [0.29, 0.717) is 33.2 Å². The second-order valence-corrected chi connectivity index (χ2v) is 8.79. The molecule has 176 valence electrons. The number of pyridine rings is 1. The SMILES string of the molecule is CCOC(=O)c1c(C)oc2c1c([C@H](c1ccncc1)N1CCN(C)CC1)c(O)c1ccccc12. The first-order valence-corrected chi connectivity index (χ1v) is 11.7. The Morgan fingerprint density at radius 2 is 1.79 bits per heavy atom. The van der Waals surface area contributed by atoms with Gasteiger partial charge in [-0.2, -0.15) is 0 Å². The van der Waals surface area contributed by atoms with Gasteiger partial charge in [0.1, 0.15) is 22.7 Å². The number of carbonyl (C=O) groups excluding carboxylic acids is 1. The van der Waals surface area contributed by atoms with Crippen LogP contribution >= 0.6 is 0 Å². The number of phenols is 1. The van der Waals surface area contributed by atoms with Crippen LogP contribution in [0.3, 0.4) is 0 Å². The van der Waals surface area contributed by atoms with E-state index in [0.717, 1.165) is 37.1 Å². The molecule has 1 fully saturated rings. The highest BCUT2D eigenvalue weighted by atomic mass is 16.5. The van der Waals surface area contributed by atoms with Gasteiger partial charge in [0.05, 0.1) is 12.6 Å². The number of fused-ring (bicyclic) bond motifs is 3. The van der Waals surface area contributed by atoms with Crippen LogP contribution in [0, 0.1) is 6.92 Å². The lowest BCUT2D eigenvalue weighted by Gasteiger charge is -2.39. The summed E-state index contributed by atoms with van der Waals surface area (Å²) in [5.74, 6) is 0.203. The van der Waals surface area contributed by atoms with E-state index in [-0.39, 0.29) is 18.4 Å². The van der Waals surface area contributed by atoms with Crippen molar-refractivity contribution >= 4 is 27.7 Å². The number of likely N-dealkylation sites (N-methyl/N-ethyl adjacent to an activating group) is 1. The number of hydrogen-bond donors (Lipinski definition) is 1. The Morgan fingerprint density at radius 3 is 2.47 bits per heavy atom. The number of piperazine rings is 1. The third-order valence-corrected chi connectivity index (χ3v) is 6.71. The van der Waals surface area contributed by atoms with Crippen LogP contribution in [0.2, 0.25) is 0 Å². The van der Waals surface area contributed by atoms with Crippen molar-refractivity contribution in [3.63, 3.8) is 0 Å². The van der Waals surface area contributed by atoms with Gasteiger partial charge < -0.3 is 19.2 Å². The molecule has 0 bridgehead atoms. The number of nitrogens with zero attached hydrogens (tertiary/aromatic N) is 3. The van der Waals surface area contributed by atoms with Crippen LogP contribution in [0.25, 0.3) is 21.7 Å². The Balaban J connectivity index is 1.87. The number of furan rings is 1. The van der Waals surface area contributed by atoms with E-state index >= 15 is 0 Å². The van der Waals surface area contributed by atoms with Crippen LogP contribution < -0.4 is 0 Å². The van der Waals surface area contributed by atoms with Crippen molar-refractivity contribution in [3.05, 3.63) is 71.2 Å². The highest BCUT2D eigenvalue weighted by Gasteiger charge is 2.34. The molecular weight excluding hydrogens is 430 g/mol. The molecule has 34 heavy (non-hydrogen) atoms. The average Bonchev–Trinajstić information content (AvgIpc) is 3.20. The van der Waals surface area contributed by atoms with E-state index in [1.807, 2.05) is 36.4 Å². The van der Waals surface area contributed by atoms with Crippen LogP contribution in [-0.4, -0.2) is 65.7 Å². The first-order chi connectivity index (χ1) is 16.5. The molecule has 0 spiro atoms. The number of benzene rings is 2. The Morgan fingerprint density at radius 1 is 1.12 bits per heavy atom. The summed E-state index contributed by atoms with van der Waals surface area (Å²) >= 11 is 0. The molecule has 0 amide bonds. The van der Waals surface area contributed by atoms with Crippen molar-refractivity contribution in [2.24, 2.45) is 0 Å². The smallest absolute Gasteiger partial charge is 0.342 e. The van der Waals surface area contributed by atoms with Crippen molar-refractivity contribution in [2.75, 3.05) is 39.8 Å². The molecule has 0 saturated carbocycles. The Hall–Kier alpha value is -3.42. The van der Waals surface area contributed by atoms with E-state index in [1.54, 1.807) is 26.2 Å². The summed E-state index contributed by atoms with van der Waals surface area (Å²) in [6.07, 6.45) is 3.53. The van der Waals surface area contributed by atoms with Crippen molar-refractivity contribution < 1.29 is 19.1 Å².